The molecule has 0 saturated heterocycles. The molecular weight excluding hydrogens is 300 g/mol. The van der Waals surface area contributed by atoms with Gasteiger partial charge in [-0.15, -0.1) is 0 Å². The van der Waals surface area contributed by atoms with E-state index in [1.54, 1.807) is 6.07 Å². The maximum atomic E-state index is 12.8. The first-order valence-corrected chi connectivity index (χ1v) is 6.45. The lowest BCUT2D eigenvalue weighted by molar-refractivity contribution is -0.253. The second-order valence-corrected chi connectivity index (χ2v) is 4.46. The Hall–Kier alpha value is -2.28. The number of benzene rings is 2. The van der Waals surface area contributed by atoms with Crippen LogP contribution in [0.1, 0.15) is 5.56 Å². The molecule has 0 aliphatic rings. The van der Waals surface area contributed by atoms with Gasteiger partial charge >= 0.3 is 12.5 Å². The molecular formula is C15H14F4N2O. The third kappa shape index (κ3) is 4.63. The Morgan fingerprint density at radius 2 is 1.73 bits per heavy atom. The second kappa shape index (κ2) is 7.13. The average Bonchev–Trinajstić information content (AvgIpc) is 2.48. The van der Waals surface area contributed by atoms with Crippen LogP contribution in [0.2, 0.25) is 0 Å². The van der Waals surface area contributed by atoms with Crippen molar-refractivity contribution in [2.75, 3.05) is 5.43 Å². The average molecular weight is 314 g/mol. The number of alkyl halides is 4. The molecule has 0 aliphatic heterocycles. The first-order chi connectivity index (χ1) is 10.5. The van der Waals surface area contributed by atoms with Gasteiger partial charge in [0, 0.05) is 12.2 Å². The summed E-state index contributed by atoms with van der Waals surface area (Å²) < 4.78 is 53.9. The Bertz CT molecular complexity index is 593. The maximum Gasteiger partial charge on any atom is 0.461 e. The molecule has 0 aromatic heterocycles. The van der Waals surface area contributed by atoms with Crippen molar-refractivity contribution in [2.45, 2.75) is 19.1 Å². The molecule has 0 atom stereocenters. The van der Waals surface area contributed by atoms with Crippen LogP contribution >= 0.6 is 0 Å². The highest BCUT2D eigenvalue weighted by atomic mass is 19.3. The van der Waals surface area contributed by atoms with Crippen molar-refractivity contribution in [1.29, 1.82) is 0 Å². The van der Waals surface area contributed by atoms with Gasteiger partial charge in [-0.3, -0.25) is 0 Å². The lowest BCUT2D eigenvalue weighted by Gasteiger charge is -2.17. The van der Waals surface area contributed by atoms with Gasteiger partial charge < -0.3 is 10.2 Å². The van der Waals surface area contributed by atoms with Crippen molar-refractivity contribution in [3.05, 3.63) is 60.2 Å². The maximum absolute atomic E-state index is 12.8. The van der Waals surface area contributed by atoms with E-state index in [1.807, 2.05) is 30.3 Å². The molecule has 0 unspecified atom stereocenters. The Morgan fingerprint density at radius 1 is 1.00 bits per heavy atom. The van der Waals surface area contributed by atoms with Crippen molar-refractivity contribution >= 4 is 5.69 Å². The van der Waals surface area contributed by atoms with Crippen LogP contribution < -0.4 is 15.6 Å². The summed E-state index contributed by atoms with van der Waals surface area (Å²) in [6.45, 7) is 0.298. The van der Waals surface area contributed by atoms with E-state index in [0.29, 0.717) is 12.1 Å². The third-order valence-electron chi connectivity index (χ3n) is 2.71. The van der Waals surface area contributed by atoms with Crippen LogP contribution in [0, 0.1) is 0 Å². The molecule has 2 aromatic carbocycles. The van der Waals surface area contributed by atoms with Gasteiger partial charge in [0.15, 0.2) is 0 Å². The molecule has 22 heavy (non-hydrogen) atoms. The van der Waals surface area contributed by atoms with Gasteiger partial charge in [0.2, 0.25) is 0 Å². The molecule has 2 rings (SSSR count). The molecule has 0 heterocycles. The largest absolute Gasteiger partial charge is 0.461 e. The normalized spacial score (nSPS) is 11.5. The van der Waals surface area contributed by atoms with E-state index in [0.717, 1.165) is 5.69 Å². The van der Waals surface area contributed by atoms with Gasteiger partial charge in [-0.2, -0.15) is 17.6 Å². The molecule has 0 spiro atoms. The second-order valence-electron chi connectivity index (χ2n) is 4.46. The van der Waals surface area contributed by atoms with Crippen LogP contribution in [0.4, 0.5) is 23.2 Å². The Balaban J connectivity index is 1.91. The molecule has 7 heteroatoms. The zero-order valence-electron chi connectivity index (χ0n) is 11.4. The highest BCUT2D eigenvalue weighted by Gasteiger charge is 2.43. The molecule has 0 aliphatic carbocycles. The fraction of sp³-hybridized carbons (Fsp3) is 0.200. The number of hydrazine groups is 1. The summed E-state index contributed by atoms with van der Waals surface area (Å²) in [5.41, 5.74) is 7.24. The minimum Gasteiger partial charge on any atom is -0.428 e. The van der Waals surface area contributed by atoms with Gasteiger partial charge in [-0.05, 0) is 29.8 Å². The van der Waals surface area contributed by atoms with Crippen molar-refractivity contribution in [3.63, 3.8) is 0 Å². The monoisotopic (exact) mass is 314 g/mol. The van der Waals surface area contributed by atoms with E-state index in [-0.39, 0.29) is 5.75 Å². The van der Waals surface area contributed by atoms with Crippen LogP contribution in [0.3, 0.4) is 0 Å². The predicted molar refractivity (Wildman–Crippen MR) is 74.9 cm³/mol. The smallest absolute Gasteiger partial charge is 0.428 e. The van der Waals surface area contributed by atoms with Crippen molar-refractivity contribution < 1.29 is 22.3 Å². The first-order valence-electron chi connectivity index (χ1n) is 6.45. The minimum absolute atomic E-state index is 0.298. The quantitative estimate of drug-likeness (QED) is 0.598. The Labute approximate surface area is 124 Å². The summed E-state index contributed by atoms with van der Waals surface area (Å²) in [5, 5.41) is 0. The number of halogens is 4. The van der Waals surface area contributed by atoms with E-state index in [2.05, 4.69) is 15.6 Å². The van der Waals surface area contributed by atoms with Crippen molar-refractivity contribution in [1.82, 2.24) is 5.43 Å². The Kier molecular flexibility index (Phi) is 5.21. The summed E-state index contributed by atoms with van der Waals surface area (Å²) in [4.78, 5) is 0. The molecule has 0 fully saturated rings. The predicted octanol–water partition coefficient (Wildman–Crippen LogP) is 4.04. The molecule has 0 radical (unpaired) electrons. The number of hydrogen-bond acceptors (Lipinski definition) is 3. The van der Waals surface area contributed by atoms with E-state index < -0.39 is 12.5 Å². The number of anilines is 1. The molecule has 118 valence electrons. The number of ether oxygens (including phenoxy) is 1. The summed E-state index contributed by atoms with van der Waals surface area (Å²) in [5.74, 6) is -0.315. The lowest BCUT2D eigenvalue weighted by atomic mass is 10.2. The standard InChI is InChI=1S/C15H14F4N2O/c16-14(17)15(18,19)22-13-8-4-5-11(9-13)10-20-21-12-6-2-1-3-7-12/h1-9,14,20-21H,10H2. The first kappa shape index (κ1) is 16.1. The van der Waals surface area contributed by atoms with Crippen molar-refractivity contribution in [3.8, 4) is 5.75 Å². The van der Waals surface area contributed by atoms with Crippen LogP contribution in [0.25, 0.3) is 0 Å². The fourth-order valence-corrected chi connectivity index (χ4v) is 1.69. The van der Waals surface area contributed by atoms with Crippen LogP contribution in [0.5, 0.6) is 5.75 Å². The van der Waals surface area contributed by atoms with Gasteiger partial charge in [0.1, 0.15) is 5.75 Å². The molecule has 0 bridgehead atoms. The number of nitrogens with one attached hydrogen (secondary N) is 2. The molecule has 2 N–H and O–H groups in total. The van der Waals surface area contributed by atoms with Crippen LogP contribution in [-0.2, 0) is 6.54 Å². The molecule has 0 amide bonds. The zero-order valence-corrected chi connectivity index (χ0v) is 11.4. The molecule has 0 saturated carbocycles. The number of hydrogen-bond donors (Lipinski definition) is 2. The van der Waals surface area contributed by atoms with E-state index in [4.69, 9.17) is 0 Å². The number of rotatable bonds is 7. The highest BCUT2D eigenvalue weighted by Crippen LogP contribution is 2.27. The lowest BCUT2D eigenvalue weighted by Crippen LogP contribution is -2.33. The topological polar surface area (TPSA) is 33.3 Å². The summed E-state index contributed by atoms with van der Waals surface area (Å²) in [7, 11) is 0. The van der Waals surface area contributed by atoms with Crippen LogP contribution in [0.15, 0.2) is 54.6 Å². The summed E-state index contributed by atoms with van der Waals surface area (Å²) >= 11 is 0. The minimum atomic E-state index is -4.51. The zero-order chi connectivity index (χ0) is 16.0. The SMILES string of the molecule is FC(F)C(F)(F)Oc1cccc(CNNc2ccccc2)c1. The number of para-hydroxylation sites is 1. The summed E-state index contributed by atoms with van der Waals surface area (Å²) in [6, 6.07) is 14.8. The Morgan fingerprint density at radius 3 is 2.41 bits per heavy atom. The fourth-order valence-electron chi connectivity index (χ4n) is 1.69. The van der Waals surface area contributed by atoms with Crippen molar-refractivity contribution in [2.24, 2.45) is 0 Å². The van der Waals surface area contributed by atoms with Gasteiger partial charge in [0.05, 0.1) is 0 Å². The van der Waals surface area contributed by atoms with E-state index in [9.17, 15) is 17.6 Å². The third-order valence-corrected chi connectivity index (χ3v) is 2.71. The highest BCUT2D eigenvalue weighted by molar-refractivity contribution is 5.41. The molecule has 3 nitrogen and oxygen atoms in total. The van der Waals surface area contributed by atoms with Gasteiger partial charge in [-0.1, -0.05) is 30.3 Å². The van der Waals surface area contributed by atoms with Gasteiger partial charge in [-0.25, -0.2) is 5.43 Å². The molecule has 2 aromatic rings. The van der Waals surface area contributed by atoms with Gasteiger partial charge in [0.25, 0.3) is 0 Å². The van der Waals surface area contributed by atoms with E-state index in [1.165, 1.54) is 18.2 Å². The van der Waals surface area contributed by atoms with Crippen LogP contribution in [-0.4, -0.2) is 12.5 Å². The summed E-state index contributed by atoms with van der Waals surface area (Å²) in [6.07, 6.45) is -8.39. The van der Waals surface area contributed by atoms with E-state index >= 15 is 0 Å².